The number of hydrogen-bond acceptors (Lipinski definition) is 5. The fourth-order valence-corrected chi connectivity index (χ4v) is 2.96. The fraction of sp³-hybridized carbons (Fsp3) is 0.625. The van der Waals surface area contributed by atoms with Crippen molar-refractivity contribution in [1.29, 1.82) is 0 Å². The van der Waals surface area contributed by atoms with Crippen molar-refractivity contribution in [2.45, 2.75) is 45.3 Å². The topological polar surface area (TPSA) is 75.4 Å². The Balaban J connectivity index is 1.70. The Morgan fingerprint density at radius 1 is 1.31 bits per heavy atom. The van der Waals surface area contributed by atoms with E-state index in [0.29, 0.717) is 31.7 Å². The second-order valence-corrected chi connectivity index (χ2v) is 6.56. The molecule has 3 heterocycles. The van der Waals surface area contributed by atoms with Crippen LogP contribution < -0.4 is 10.2 Å². The van der Waals surface area contributed by atoms with E-state index in [1.807, 2.05) is 18.7 Å². The number of piperidine rings is 1. The zero-order chi connectivity index (χ0) is 18.9. The lowest BCUT2D eigenvalue weighted by atomic mass is 9.95. The first-order valence-corrected chi connectivity index (χ1v) is 8.64. The Hall–Kier alpha value is -2.39. The monoisotopic (exact) mass is 370 g/mol. The van der Waals surface area contributed by atoms with E-state index in [9.17, 15) is 18.0 Å². The van der Waals surface area contributed by atoms with Crippen molar-refractivity contribution in [2.24, 2.45) is 5.92 Å². The lowest BCUT2D eigenvalue weighted by molar-refractivity contribution is -0.146. The number of rotatable bonds is 4. The summed E-state index contributed by atoms with van der Waals surface area (Å²) in [6.07, 6.45) is -2.48. The van der Waals surface area contributed by atoms with Crippen molar-refractivity contribution < 1.29 is 18.0 Å². The van der Waals surface area contributed by atoms with Gasteiger partial charge in [0.25, 0.3) is 5.82 Å². The average molecular weight is 370 g/mol. The number of carbonyl (C=O) groups excluding carboxylic acids is 1. The first-order valence-electron chi connectivity index (χ1n) is 8.64. The van der Waals surface area contributed by atoms with Crippen molar-refractivity contribution >= 4 is 17.4 Å². The van der Waals surface area contributed by atoms with E-state index in [2.05, 4.69) is 20.6 Å². The second-order valence-electron chi connectivity index (χ2n) is 6.56. The van der Waals surface area contributed by atoms with E-state index in [0.717, 1.165) is 10.9 Å². The van der Waals surface area contributed by atoms with E-state index >= 15 is 0 Å². The van der Waals surface area contributed by atoms with Gasteiger partial charge in [0.15, 0.2) is 5.65 Å². The van der Waals surface area contributed by atoms with Gasteiger partial charge in [0, 0.05) is 25.0 Å². The predicted molar refractivity (Wildman–Crippen MR) is 88.6 cm³/mol. The number of nitrogens with zero attached hydrogens (tertiary/aromatic N) is 5. The summed E-state index contributed by atoms with van der Waals surface area (Å²) in [5.74, 6) is -0.758. The molecule has 0 saturated carbocycles. The fourth-order valence-electron chi connectivity index (χ4n) is 2.96. The summed E-state index contributed by atoms with van der Waals surface area (Å²) < 4.78 is 39.7. The van der Waals surface area contributed by atoms with Crippen molar-refractivity contribution in [2.75, 3.05) is 18.0 Å². The summed E-state index contributed by atoms with van der Waals surface area (Å²) in [7, 11) is 0. The molecule has 0 radical (unpaired) electrons. The Morgan fingerprint density at radius 3 is 2.62 bits per heavy atom. The number of amides is 1. The van der Waals surface area contributed by atoms with Gasteiger partial charge in [0.2, 0.25) is 5.91 Å². The van der Waals surface area contributed by atoms with E-state index in [4.69, 9.17) is 0 Å². The van der Waals surface area contributed by atoms with Crippen LogP contribution in [0.1, 0.15) is 38.9 Å². The molecule has 2 aromatic rings. The van der Waals surface area contributed by atoms with Gasteiger partial charge in [-0.1, -0.05) is 6.92 Å². The molecule has 7 nitrogen and oxygen atoms in total. The Bertz CT molecular complexity index is 782. The number of halogens is 3. The van der Waals surface area contributed by atoms with Gasteiger partial charge in [0.1, 0.15) is 5.82 Å². The molecule has 1 unspecified atom stereocenters. The first kappa shape index (κ1) is 18.4. The maximum absolute atomic E-state index is 13.0. The predicted octanol–water partition coefficient (Wildman–Crippen LogP) is 2.27. The molecule has 3 rings (SSSR count). The maximum atomic E-state index is 13.0. The number of alkyl halides is 3. The number of fused-ring (bicyclic) bond motifs is 1. The molecule has 2 aromatic heterocycles. The van der Waals surface area contributed by atoms with Crippen LogP contribution in [0.15, 0.2) is 12.1 Å². The van der Waals surface area contributed by atoms with Crippen LogP contribution in [0.3, 0.4) is 0 Å². The molecule has 0 aliphatic carbocycles. The highest BCUT2D eigenvalue weighted by molar-refractivity contribution is 5.79. The van der Waals surface area contributed by atoms with Crippen LogP contribution in [0.5, 0.6) is 0 Å². The SMILES string of the molecule is CCC(C)NC(=O)C1CCN(c2ccc3nnc(C(F)(F)F)n3n2)CC1. The van der Waals surface area contributed by atoms with E-state index in [1.54, 1.807) is 6.07 Å². The number of carbonyl (C=O) groups is 1. The van der Waals surface area contributed by atoms with Gasteiger partial charge < -0.3 is 10.2 Å². The lowest BCUT2D eigenvalue weighted by Crippen LogP contribution is -2.43. The molecule has 26 heavy (non-hydrogen) atoms. The molecule has 1 fully saturated rings. The highest BCUT2D eigenvalue weighted by atomic mass is 19.4. The molecule has 1 atom stereocenters. The standard InChI is InChI=1S/C16H21F3N6O/c1-3-10(2)20-14(26)11-6-8-24(9-7-11)13-5-4-12-21-22-15(16(17,18)19)25(12)23-13/h4-5,10-11H,3,6-9H2,1-2H3,(H,20,26). The molecule has 1 N–H and O–H groups in total. The quantitative estimate of drug-likeness (QED) is 0.894. The minimum Gasteiger partial charge on any atom is -0.355 e. The molecular weight excluding hydrogens is 349 g/mol. The average Bonchev–Trinajstić information content (AvgIpc) is 3.05. The molecule has 1 amide bonds. The lowest BCUT2D eigenvalue weighted by Gasteiger charge is -2.32. The molecule has 0 bridgehead atoms. The third-order valence-electron chi connectivity index (χ3n) is 4.69. The third-order valence-corrected chi connectivity index (χ3v) is 4.69. The van der Waals surface area contributed by atoms with Crippen LogP contribution in [-0.4, -0.2) is 44.8 Å². The van der Waals surface area contributed by atoms with E-state index in [1.165, 1.54) is 6.07 Å². The van der Waals surface area contributed by atoms with Gasteiger partial charge in [-0.3, -0.25) is 4.79 Å². The van der Waals surface area contributed by atoms with Gasteiger partial charge in [0.05, 0.1) is 0 Å². The minimum absolute atomic E-state index is 0.0422. The van der Waals surface area contributed by atoms with Crippen molar-refractivity contribution in [3.05, 3.63) is 18.0 Å². The van der Waals surface area contributed by atoms with Crippen molar-refractivity contribution in [1.82, 2.24) is 25.1 Å². The first-order chi connectivity index (χ1) is 12.3. The largest absolute Gasteiger partial charge is 0.453 e. The molecule has 0 spiro atoms. The third kappa shape index (κ3) is 3.73. The summed E-state index contributed by atoms with van der Waals surface area (Å²) in [5, 5.41) is 13.7. The van der Waals surface area contributed by atoms with Gasteiger partial charge in [-0.05, 0) is 38.3 Å². The highest BCUT2D eigenvalue weighted by Gasteiger charge is 2.38. The van der Waals surface area contributed by atoms with Crippen LogP contribution in [0, 0.1) is 5.92 Å². The van der Waals surface area contributed by atoms with E-state index < -0.39 is 12.0 Å². The Labute approximate surface area is 148 Å². The number of aromatic nitrogens is 4. The second kappa shape index (κ2) is 7.08. The van der Waals surface area contributed by atoms with Gasteiger partial charge in [-0.25, -0.2) is 0 Å². The number of anilines is 1. The summed E-state index contributed by atoms with van der Waals surface area (Å²) in [4.78, 5) is 14.1. The molecule has 1 saturated heterocycles. The number of hydrogen-bond donors (Lipinski definition) is 1. The molecule has 0 aromatic carbocycles. The summed E-state index contributed by atoms with van der Waals surface area (Å²) >= 11 is 0. The normalized spacial score (nSPS) is 17.5. The van der Waals surface area contributed by atoms with Crippen LogP contribution in [0.2, 0.25) is 0 Å². The van der Waals surface area contributed by atoms with Gasteiger partial charge >= 0.3 is 6.18 Å². The Kier molecular flexibility index (Phi) is 5.01. The maximum Gasteiger partial charge on any atom is 0.453 e. The van der Waals surface area contributed by atoms with Crippen LogP contribution in [0.4, 0.5) is 19.0 Å². The molecular formula is C16H21F3N6O. The Morgan fingerprint density at radius 2 is 2.00 bits per heavy atom. The molecule has 10 heteroatoms. The highest BCUT2D eigenvalue weighted by Crippen LogP contribution is 2.28. The van der Waals surface area contributed by atoms with Gasteiger partial charge in [-0.15, -0.1) is 15.3 Å². The summed E-state index contributed by atoms with van der Waals surface area (Å²) in [5.41, 5.74) is 0.0453. The minimum atomic E-state index is -4.62. The molecule has 142 valence electrons. The van der Waals surface area contributed by atoms with Crippen molar-refractivity contribution in [3.8, 4) is 0 Å². The summed E-state index contributed by atoms with van der Waals surface area (Å²) in [6, 6.07) is 3.23. The number of nitrogens with one attached hydrogen (secondary N) is 1. The van der Waals surface area contributed by atoms with E-state index in [-0.39, 0.29) is 23.5 Å². The molecule has 1 aliphatic heterocycles. The van der Waals surface area contributed by atoms with Crippen LogP contribution >= 0.6 is 0 Å². The zero-order valence-electron chi connectivity index (χ0n) is 14.6. The van der Waals surface area contributed by atoms with Crippen molar-refractivity contribution in [3.63, 3.8) is 0 Å². The molecule has 1 aliphatic rings. The zero-order valence-corrected chi connectivity index (χ0v) is 14.6. The van der Waals surface area contributed by atoms with Crippen LogP contribution in [0.25, 0.3) is 5.65 Å². The summed E-state index contributed by atoms with van der Waals surface area (Å²) in [6.45, 7) is 5.08. The smallest absolute Gasteiger partial charge is 0.355 e. The van der Waals surface area contributed by atoms with Crippen LogP contribution in [-0.2, 0) is 11.0 Å². The van der Waals surface area contributed by atoms with Gasteiger partial charge in [-0.2, -0.15) is 17.7 Å².